The van der Waals surface area contributed by atoms with Gasteiger partial charge in [0, 0.05) is 24.7 Å². The van der Waals surface area contributed by atoms with Crippen LogP contribution in [0.2, 0.25) is 0 Å². The second kappa shape index (κ2) is 9.22. The summed E-state index contributed by atoms with van der Waals surface area (Å²) in [5, 5.41) is 16.7. The Balaban J connectivity index is 1.49. The Morgan fingerprint density at radius 2 is 1.79 bits per heavy atom. The zero-order chi connectivity index (χ0) is 19.8. The zero-order valence-electron chi connectivity index (χ0n) is 15.0. The number of carbonyl (C=O) groups excluding carboxylic acids is 1. The molecule has 1 aromatic heterocycles. The minimum Gasteiger partial charge on any atom is -0.489 e. The van der Waals surface area contributed by atoms with Crippen molar-refractivity contribution in [3.63, 3.8) is 0 Å². The molecule has 0 spiro atoms. The summed E-state index contributed by atoms with van der Waals surface area (Å²) in [6.45, 7) is 0.801. The van der Waals surface area contributed by atoms with Crippen LogP contribution < -0.4 is 15.4 Å². The van der Waals surface area contributed by atoms with Crippen molar-refractivity contribution in [1.82, 2.24) is 5.32 Å². The molecule has 3 rings (SSSR count). The van der Waals surface area contributed by atoms with E-state index < -0.39 is 4.92 Å². The van der Waals surface area contributed by atoms with Crippen LogP contribution in [0.4, 0.5) is 11.4 Å². The molecular formula is C20H19N3O5. The summed E-state index contributed by atoms with van der Waals surface area (Å²) in [7, 11) is 0. The molecule has 0 aliphatic rings. The first kappa shape index (κ1) is 19.0. The Hall–Kier alpha value is -3.81. The van der Waals surface area contributed by atoms with Crippen molar-refractivity contribution in [1.29, 1.82) is 0 Å². The number of carbonyl (C=O) groups is 1. The van der Waals surface area contributed by atoms with Gasteiger partial charge in [-0.1, -0.05) is 30.3 Å². The van der Waals surface area contributed by atoms with E-state index in [1.165, 1.54) is 12.3 Å². The molecule has 1 amide bonds. The van der Waals surface area contributed by atoms with E-state index in [0.717, 1.165) is 0 Å². The summed E-state index contributed by atoms with van der Waals surface area (Å²) in [6, 6.07) is 17.3. The van der Waals surface area contributed by atoms with E-state index in [-0.39, 0.29) is 30.5 Å². The topological polar surface area (TPSA) is 107 Å². The van der Waals surface area contributed by atoms with Gasteiger partial charge in [0.1, 0.15) is 18.0 Å². The number of hydrogen-bond donors (Lipinski definition) is 2. The normalized spacial score (nSPS) is 10.3. The lowest BCUT2D eigenvalue weighted by atomic mass is 10.2. The fraction of sp³-hybridized carbons (Fsp3) is 0.150. The van der Waals surface area contributed by atoms with Crippen molar-refractivity contribution < 1.29 is 18.9 Å². The first-order chi connectivity index (χ1) is 13.6. The number of anilines is 1. The van der Waals surface area contributed by atoms with E-state index in [2.05, 4.69) is 10.6 Å². The second-order valence-electron chi connectivity index (χ2n) is 5.83. The third kappa shape index (κ3) is 4.88. The molecule has 0 saturated heterocycles. The lowest BCUT2D eigenvalue weighted by Crippen LogP contribution is -2.29. The molecule has 3 aromatic rings. The van der Waals surface area contributed by atoms with Gasteiger partial charge < -0.3 is 19.8 Å². The number of nitrogens with one attached hydrogen (secondary N) is 2. The maximum absolute atomic E-state index is 12.3. The molecule has 8 nitrogen and oxygen atoms in total. The molecule has 0 bridgehead atoms. The van der Waals surface area contributed by atoms with Gasteiger partial charge >= 0.3 is 0 Å². The summed E-state index contributed by atoms with van der Waals surface area (Å²) < 4.78 is 10.9. The molecular weight excluding hydrogens is 362 g/mol. The molecule has 28 heavy (non-hydrogen) atoms. The Bertz CT molecular complexity index is 940. The second-order valence-corrected chi connectivity index (χ2v) is 5.83. The maximum atomic E-state index is 12.3. The van der Waals surface area contributed by atoms with Gasteiger partial charge in [-0.2, -0.15) is 0 Å². The molecule has 0 unspecified atom stereocenters. The van der Waals surface area contributed by atoms with Gasteiger partial charge in [0.25, 0.3) is 11.6 Å². The minimum atomic E-state index is -0.456. The average molecular weight is 381 g/mol. The molecule has 144 valence electrons. The van der Waals surface area contributed by atoms with Gasteiger partial charge in [0.15, 0.2) is 5.76 Å². The third-order valence-corrected chi connectivity index (χ3v) is 3.92. The highest BCUT2D eigenvalue weighted by molar-refractivity contribution is 5.92. The van der Waals surface area contributed by atoms with Crippen molar-refractivity contribution >= 4 is 17.3 Å². The summed E-state index contributed by atoms with van der Waals surface area (Å²) in [4.78, 5) is 22.9. The Kier molecular flexibility index (Phi) is 6.25. The van der Waals surface area contributed by atoms with Crippen molar-refractivity contribution in [2.24, 2.45) is 0 Å². The Morgan fingerprint density at radius 3 is 2.57 bits per heavy atom. The molecule has 0 aliphatic carbocycles. The SMILES string of the molecule is O=C(NCCNc1ccccc1[N+](=O)[O-])c1occc1COc1ccccc1. The maximum Gasteiger partial charge on any atom is 0.292 e. The molecule has 1 heterocycles. The molecule has 2 N–H and O–H groups in total. The van der Waals surface area contributed by atoms with Crippen molar-refractivity contribution in [3.05, 3.63) is 88.4 Å². The summed E-state index contributed by atoms with van der Waals surface area (Å²) in [6.07, 6.45) is 1.43. The predicted octanol–water partition coefficient (Wildman–Crippen LogP) is 3.61. The van der Waals surface area contributed by atoms with Crippen LogP contribution in [-0.4, -0.2) is 23.9 Å². The van der Waals surface area contributed by atoms with Gasteiger partial charge in [-0.15, -0.1) is 0 Å². The number of nitrogens with zero attached hydrogens (tertiary/aromatic N) is 1. The quantitative estimate of drug-likeness (QED) is 0.333. The summed E-state index contributed by atoms with van der Waals surface area (Å²) in [5.41, 5.74) is 1.02. The van der Waals surface area contributed by atoms with Gasteiger partial charge in [0.05, 0.1) is 11.2 Å². The largest absolute Gasteiger partial charge is 0.489 e. The van der Waals surface area contributed by atoms with E-state index in [0.29, 0.717) is 23.5 Å². The van der Waals surface area contributed by atoms with Crippen LogP contribution in [0, 0.1) is 10.1 Å². The number of para-hydroxylation sites is 3. The van der Waals surface area contributed by atoms with Gasteiger partial charge in [-0.25, -0.2) is 0 Å². The number of nitro benzene ring substituents is 1. The molecule has 2 aromatic carbocycles. The minimum absolute atomic E-state index is 0.0137. The van der Waals surface area contributed by atoms with Gasteiger partial charge in [-0.05, 0) is 24.3 Å². The highest BCUT2D eigenvalue weighted by Gasteiger charge is 2.16. The predicted molar refractivity (Wildman–Crippen MR) is 103 cm³/mol. The monoisotopic (exact) mass is 381 g/mol. The third-order valence-electron chi connectivity index (χ3n) is 3.92. The number of benzene rings is 2. The van der Waals surface area contributed by atoms with Crippen LogP contribution in [-0.2, 0) is 6.61 Å². The first-order valence-electron chi connectivity index (χ1n) is 8.65. The van der Waals surface area contributed by atoms with E-state index in [4.69, 9.17) is 9.15 Å². The molecule has 0 atom stereocenters. The van der Waals surface area contributed by atoms with Crippen LogP contribution in [0.1, 0.15) is 16.1 Å². The fourth-order valence-electron chi connectivity index (χ4n) is 2.56. The number of amides is 1. The number of hydrogen-bond acceptors (Lipinski definition) is 6. The highest BCUT2D eigenvalue weighted by Crippen LogP contribution is 2.22. The number of furan rings is 1. The molecule has 0 fully saturated rings. The summed E-state index contributed by atoms with van der Waals surface area (Å²) in [5.74, 6) is 0.506. The lowest BCUT2D eigenvalue weighted by Gasteiger charge is -2.09. The molecule has 0 aliphatic heterocycles. The number of rotatable bonds is 9. The van der Waals surface area contributed by atoms with E-state index in [9.17, 15) is 14.9 Å². The summed E-state index contributed by atoms with van der Waals surface area (Å²) >= 11 is 0. The van der Waals surface area contributed by atoms with Gasteiger partial charge in [-0.3, -0.25) is 14.9 Å². The Labute approximate surface area is 161 Å². The van der Waals surface area contributed by atoms with Crippen LogP contribution in [0.5, 0.6) is 5.75 Å². The standard InChI is InChI=1S/C20H19N3O5/c24-20(22-12-11-21-17-8-4-5-9-18(17)23(25)26)19-15(10-13-27-19)14-28-16-6-2-1-3-7-16/h1-10,13,21H,11-12,14H2,(H,22,24). The fourth-order valence-corrected chi connectivity index (χ4v) is 2.56. The van der Waals surface area contributed by atoms with Crippen LogP contribution in [0.25, 0.3) is 0 Å². The molecule has 0 saturated carbocycles. The van der Waals surface area contributed by atoms with Crippen LogP contribution in [0.3, 0.4) is 0 Å². The Morgan fingerprint density at radius 1 is 1.04 bits per heavy atom. The van der Waals surface area contributed by atoms with Crippen LogP contribution in [0.15, 0.2) is 71.3 Å². The molecule has 0 radical (unpaired) electrons. The number of ether oxygens (including phenoxy) is 1. The van der Waals surface area contributed by atoms with Crippen molar-refractivity contribution in [2.75, 3.05) is 18.4 Å². The average Bonchev–Trinajstić information content (AvgIpc) is 3.19. The van der Waals surface area contributed by atoms with Crippen molar-refractivity contribution in [3.8, 4) is 5.75 Å². The van der Waals surface area contributed by atoms with E-state index in [1.807, 2.05) is 30.3 Å². The van der Waals surface area contributed by atoms with Crippen molar-refractivity contribution in [2.45, 2.75) is 6.61 Å². The molecule has 8 heteroatoms. The van der Waals surface area contributed by atoms with Crippen LogP contribution >= 0.6 is 0 Å². The lowest BCUT2D eigenvalue weighted by molar-refractivity contribution is -0.384. The zero-order valence-corrected chi connectivity index (χ0v) is 15.0. The van der Waals surface area contributed by atoms with Gasteiger partial charge in [0.2, 0.25) is 0 Å². The highest BCUT2D eigenvalue weighted by atomic mass is 16.6. The first-order valence-corrected chi connectivity index (χ1v) is 8.65. The van der Waals surface area contributed by atoms with E-state index in [1.54, 1.807) is 24.3 Å². The van der Waals surface area contributed by atoms with E-state index >= 15 is 0 Å². The smallest absolute Gasteiger partial charge is 0.292 e. The number of nitro groups is 1.